The van der Waals surface area contributed by atoms with Crippen molar-refractivity contribution in [3.8, 4) is 0 Å². The summed E-state index contributed by atoms with van der Waals surface area (Å²) in [5.41, 5.74) is 4.15. The Labute approximate surface area is 126 Å². The second-order valence-electron chi connectivity index (χ2n) is 4.17. The number of nitrogen functional groups attached to an aromatic ring is 1. The van der Waals surface area contributed by atoms with Gasteiger partial charge in [-0.05, 0) is 24.3 Å². The number of amides is 1. The Bertz CT molecular complexity index is 669. The van der Waals surface area contributed by atoms with Crippen molar-refractivity contribution in [3.63, 3.8) is 0 Å². The first-order valence-electron chi connectivity index (χ1n) is 5.71. The molecule has 9 heteroatoms. The average Bonchev–Trinajstić information content (AvgIpc) is 2.75. The number of hydrogen-bond acceptors (Lipinski definition) is 3. The van der Waals surface area contributed by atoms with Gasteiger partial charge in [-0.2, -0.15) is 18.3 Å². The van der Waals surface area contributed by atoms with E-state index in [2.05, 4.69) is 26.3 Å². The normalized spacial score (nSPS) is 11.4. The molecule has 1 amide bonds. The van der Waals surface area contributed by atoms with Crippen molar-refractivity contribution in [1.82, 2.24) is 9.78 Å². The summed E-state index contributed by atoms with van der Waals surface area (Å²) in [4.78, 5) is 11.8. The highest BCUT2D eigenvalue weighted by Crippen LogP contribution is 2.36. The molecule has 0 saturated heterocycles. The summed E-state index contributed by atoms with van der Waals surface area (Å²) < 4.78 is 40.2. The van der Waals surface area contributed by atoms with Crippen LogP contribution in [0.25, 0.3) is 0 Å². The summed E-state index contributed by atoms with van der Waals surface area (Å²) >= 11 is 2.97. The summed E-state index contributed by atoms with van der Waals surface area (Å²) in [7, 11) is 0. The van der Waals surface area contributed by atoms with E-state index >= 15 is 0 Å². The van der Waals surface area contributed by atoms with Gasteiger partial charge in [0, 0.05) is 10.7 Å². The van der Waals surface area contributed by atoms with Crippen molar-refractivity contribution in [2.24, 2.45) is 0 Å². The van der Waals surface area contributed by atoms with Crippen molar-refractivity contribution < 1.29 is 18.0 Å². The molecule has 1 aromatic carbocycles. The average molecular weight is 363 g/mol. The van der Waals surface area contributed by atoms with Crippen LogP contribution in [-0.4, -0.2) is 15.7 Å². The van der Waals surface area contributed by atoms with Crippen LogP contribution in [0.4, 0.5) is 24.7 Å². The molecule has 21 heavy (non-hydrogen) atoms. The third kappa shape index (κ3) is 3.97. The van der Waals surface area contributed by atoms with Gasteiger partial charge in [0.15, 0.2) is 0 Å². The molecule has 0 bridgehead atoms. The van der Waals surface area contributed by atoms with Crippen LogP contribution in [0.5, 0.6) is 0 Å². The number of anilines is 2. The molecule has 2 rings (SSSR count). The number of nitrogens with one attached hydrogen (secondary N) is 1. The Morgan fingerprint density at radius 1 is 1.38 bits per heavy atom. The molecule has 0 aliphatic carbocycles. The maximum absolute atomic E-state index is 12.9. The number of rotatable bonds is 3. The maximum atomic E-state index is 12.9. The molecule has 0 radical (unpaired) electrons. The Hall–Kier alpha value is -2.03. The second-order valence-corrected chi connectivity index (χ2v) is 5.09. The van der Waals surface area contributed by atoms with E-state index in [0.29, 0.717) is 0 Å². The number of nitrogens with zero attached hydrogens (tertiary/aromatic N) is 2. The second kappa shape index (κ2) is 5.76. The van der Waals surface area contributed by atoms with Crippen LogP contribution in [0, 0.1) is 0 Å². The van der Waals surface area contributed by atoms with Gasteiger partial charge in [-0.1, -0.05) is 15.9 Å². The van der Waals surface area contributed by atoms with Crippen LogP contribution in [0.1, 0.15) is 5.56 Å². The summed E-state index contributed by atoms with van der Waals surface area (Å²) in [6, 6.07) is 4.98. The van der Waals surface area contributed by atoms with Gasteiger partial charge >= 0.3 is 6.18 Å². The van der Waals surface area contributed by atoms with Gasteiger partial charge in [-0.25, -0.2) is 0 Å². The summed E-state index contributed by atoms with van der Waals surface area (Å²) in [5.74, 6) is -0.409. The van der Waals surface area contributed by atoms with Crippen LogP contribution in [0.2, 0.25) is 0 Å². The van der Waals surface area contributed by atoms with Crippen LogP contribution < -0.4 is 11.1 Å². The minimum absolute atomic E-state index is 0.224. The monoisotopic (exact) mass is 362 g/mol. The lowest BCUT2D eigenvalue weighted by atomic mass is 10.1. The minimum atomic E-state index is -4.57. The van der Waals surface area contributed by atoms with Crippen molar-refractivity contribution in [2.45, 2.75) is 12.7 Å². The van der Waals surface area contributed by atoms with E-state index in [0.717, 1.165) is 6.07 Å². The molecule has 0 spiro atoms. The Balaban J connectivity index is 2.17. The zero-order chi connectivity index (χ0) is 15.6. The van der Waals surface area contributed by atoms with E-state index in [-0.39, 0.29) is 22.5 Å². The molecule has 0 fully saturated rings. The van der Waals surface area contributed by atoms with Gasteiger partial charge in [0.05, 0.1) is 11.3 Å². The lowest BCUT2D eigenvalue weighted by Crippen LogP contribution is -2.21. The zero-order valence-corrected chi connectivity index (χ0v) is 12.1. The fourth-order valence-electron chi connectivity index (χ4n) is 1.66. The lowest BCUT2D eigenvalue weighted by Gasteiger charge is -2.14. The highest BCUT2D eigenvalue weighted by Gasteiger charge is 2.34. The van der Waals surface area contributed by atoms with Crippen LogP contribution in [0.15, 0.2) is 34.9 Å². The van der Waals surface area contributed by atoms with Crippen LogP contribution in [-0.2, 0) is 17.5 Å². The van der Waals surface area contributed by atoms with Crippen molar-refractivity contribution in [1.29, 1.82) is 0 Å². The van der Waals surface area contributed by atoms with Gasteiger partial charge < -0.3 is 11.1 Å². The zero-order valence-electron chi connectivity index (χ0n) is 10.5. The van der Waals surface area contributed by atoms with Gasteiger partial charge in [-0.15, -0.1) is 0 Å². The summed E-state index contributed by atoms with van der Waals surface area (Å²) in [6.45, 7) is -0.232. The number of hydrogen-bond donors (Lipinski definition) is 2. The van der Waals surface area contributed by atoms with E-state index in [1.165, 1.54) is 29.1 Å². The van der Waals surface area contributed by atoms with Gasteiger partial charge in [-0.3, -0.25) is 9.48 Å². The Kier molecular flexibility index (Phi) is 4.21. The minimum Gasteiger partial charge on any atom is -0.382 e. The molecule has 0 saturated carbocycles. The fraction of sp³-hybridized carbons (Fsp3) is 0.167. The summed E-state index contributed by atoms with van der Waals surface area (Å²) in [5, 5.41) is 6.00. The standard InChI is InChI=1S/C12H10BrF3N4O/c13-7-1-2-9(8(5-7)12(14,15)16)18-11(21)6-20-4-3-10(17)19-20/h1-5H,6H2,(H2,17,19)(H,18,21). The van der Waals surface area contributed by atoms with Crippen molar-refractivity contribution in [3.05, 3.63) is 40.5 Å². The topological polar surface area (TPSA) is 72.9 Å². The molecule has 112 valence electrons. The van der Waals surface area contributed by atoms with Gasteiger partial charge in [0.1, 0.15) is 12.4 Å². The molecule has 0 aliphatic rings. The Morgan fingerprint density at radius 3 is 2.67 bits per heavy atom. The van der Waals surface area contributed by atoms with Crippen molar-refractivity contribution in [2.75, 3.05) is 11.1 Å². The SMILES string of the molecule is Nc1ccn(CC(=O)Nc2ccc(Br)cc2C(F)(F)F)n1. The maximum Gasteiger partial charge on any atom is 0.418 e. The van der Waals surface area contributed by atoms with E-state index in [1.807, 2.05) is 0 Å². The van der Waals surface area contributed by atoms with Crippen LogP contribution in [0.3, 0.4) is 0 Å². The van der Waals surface area contributed by atoms with E-state index in [1.54, 1.807) is 0 Å². The predicted octanol–water partition coefficient (Wildman–Crippen LogP) is 2.89. The van der Waals surface area contributed by atoms with E-state index in [4.69, 9.17) is 5.73 Å². The molecular weight excluding hydrogens is 353 g/mol. The fourth-order valence-corrected chi connectivity index (χ4v) is 2.02. The predicted molar refractivity (Wildman–Crippen MR) is 74.4 cm³/mol. The van der Waals surface area contributed by atoms with Crippen LogP contribution >= 0.6 is 15.9 Å². The molecule has 1 aromatic heterocycles. The molecule has 3 N–H and O–H groups in total. The molecule has 2 aromatic rings. The number of nitrogens with two attached hydrogens (primary N) is 1. The molecule has 0 atom stereocenters. The molecule has 5 nitrogen and oxygen atoms in total. The first kappa shape index (κ1) is 15.4. The van der Waals surface area contributed by atoms with Gasteiger partial charge in [0.2, 0.25) is 5.91 Å². The highest BCUT2D eigenvalue weighted by atomic mass is 79.9. The molecule has 0 unspecified atom stereocenters. The first-order chi connectivity index (χ1) is 9.75. The third-order valence-corrected chi connectivity index (χ3v) is 3.02. The number of carbonyl (C=O) groups is 1. The third-order valence-electron chi connectivity index (χ3n) is 2.53. The largest absolute Gasteiger partial charge is 0.418 e. The van der Waals surface area contributed by atoms with Crippen molar-refractivity contribution >= 4 is 33.3 Å². The number of halogens is 4. The first-order valence-corrected chi connectivity index (χ1v) is 6.50. The molecular formula is C12H10BrF3N4O. The Morgan fingerprint density at radius 2 is 2.10 bits per heavy atom. The van der Waals surface area contributed by atoms with E-state index in [9.17, 15) is 18.0 Å². The lowest BCUT2D eigenvalue weighted by molar-refractivity contribution is -0.137. The quantitative estimate of drug-likeness (QED) is 0.881. The number of alkyl halides is 3. The van der Waals surface area contributed by atoms with Gasteiger partial charge in [0.25, 0.3) is 0 Å². The molecule has 0 aliphatic heterocycles. The van der Waals surface area contributed by atoms with E-state index < -0.39 is 17.6 Å². The summed E-state index contributed by atoms with van der Waals surface area (Å²) in [6.07, 6.45) is -3.11. The number of aromatic nitrogens is 2. The smallest absolute Gasteiger partial charge is 0.382 e. The highest BCUT2D eigenvalue weighted by molar-refractivity contribution is 9.10. The number of benzene rings is 1. The number of carbonyl (C=O) groups excluding carboxylic acids is 1. The molecule has 1 heterocycles.